The molecule has 5 nitrogen and oxygen atoms in total. The molecule has 3 aromatic rings. The van der Waals surface area contributed by atoms with Gasteiger partial charge in [0.15, 0.2) is 12.0 Å². The standard InChI is InChI=1S/C22H18O5/c1-13-3-2-4-14(9-13)10-15-5-7-18-21(25)17-8-6-16(26-12-20(23)24)11-19(17)27-22(15)18/h2-4,6,8-11H,5,7,12H2,1H3,(H,23,24)/b15-10+. The number of carboxylic acids is 1. The summed E-state index contributed by atoms with van der Waals surface area (Å²) in [5, 5.41) is 9.23. The summed E-state index contributed by atoms with van der Waals surface area (Å²) < 4.78 is 11.2. The monoisotopic (exact) mass is 362 g/mol. The largest absolute Gasteiger partial charge is 0.482 e. The quantitative estimate of drug-likeness (QED) is 0.758. The number of rotatable bonds is 4. The first kappa shape index (κ1) is 17.1. The highest BCUT2D eigenvalue weighted by Gasteiger charge is 2.24. The van der Waals surface area contributed by atoms with Gasteiger partial charge in [-0.15, -0.1) is 0 Å². The van der Waals surface area contributed by atoms with Crippen molar-refractivity contribution in [1.82, 2.24) is 0 Å². The Morgan fingerprint density at radius 1 is 1.22 bits per heavy atom. The molecule has 0 amide bonds. The Balaban J connectivity index is 1.79. The number of hydrogen-bond donors (Lipinski definition) is 1. The first-order valence-corrected chi connectivity index (χ1v) is 8.73. The van der Waals surface area contributed by atoms with E-state index in [0.29, 0.717) is 34.5 Å². The molecule has 5 heteroatoms. The summed E-state index contributed by atoms with van der Waals surface area (Å²) in [6.45, 7) is 1.59. The lowest BCUT2D eigenvalue weighted by Crippen LogP contribution is -2.10. The molecule has 0 spiro atoms. The fourth-order valence-electron chi connectivity index (χ4n) is 3.41. The van der Waals surface area contributed by atoms with Gasteiger partial charge >= 0.3 is 5.97 Å². The lowest BCUT2D eigenvalue weighted by molar-refractivity contribution is -0.139. The second-order valence-electron chi connectivity index (χ2n) is 6.66. The molecule has 0 bridgehead atoms. The van der Waals surface area contributed by atoms with Crippen LogP contribution in [-0.4, -0.2) is 17.7 Å². The van der Waals surface area contributed by atoms with E-state index in [4.69, 9.17) is 14.3 Å². The summed E-state index contributed by atoms with van der Waals surface area (Å²) in [6.07, 6.45) is 3.46. The first-order chi connectivity index (χ1) is 13.0. The Labute approximate surface area is 155 Å². The second-order valence-corrected chi connectivity index (χ2v) is 6.66. The van der Waals surface area contributed by atoms with Crippen LogP contribution in [0.25, 0.3) is 22.6 Å². The molecule has 0 aliphatic heterocycles. The van der Waals surface area contributed by atoms with Gasteiger partial charge in [0.05, 0.1) is 5.39 Å². The van der Waals surface area contributed by atoms with E-state index in [1.165, 1.54) is 5.56 Å². The van der Waals surface area contributed by atoms with Crippen molar-refractivity contribution in [2.24, 2.45) is 0 Å². The highest BCUT2D eigenvalue weighted by Crippen LogP contribution is 2.34. The van der Waals surface area contributed by atoms with Crippen molar-refractivity contribution in [2.45, 2.75) is 19.8 Å². The maximum atomic E-state index is 12.8. The fraction of sp³-hybridized carbons (Fsp3) is 0.182. The number of carbonyl (C=O) groups is 1. The van der Waals surface area contributed by atoms with Gasteiger partial charge < -0.3 is 14.3 Å². The number of benzene rings is 2. The Bertz CT molecular complexity index is 1140. The minimum atomic E-state index is -1.06. The van der Waals surface area contributed by atoms with Gasteiger partial charge in [0.2, 0.25) is 0 Å². The fourth-order valence-corrected chi connectivity index (χ4v) is 3.41. The lowest BCUT2D eigenvalue weighted by Gasteiger charge is -2.07. The van der Waals surface area contributed by atoms with E-state index in [0.717, 1.165) is 17.6 Å². The van der Waals surface area contributed by atoms with Gasteiger partial charge in [-0.3, -0.25) is 4.79 Å². The van der Waals surface area contributed by atoms with Crippen molar-refractivity contribution in [3.63, 3.8) is 0 Å². The van der Waals surface area contributed by atoms with Crippen molar-refractivity contribution >= 4 is 28.6 Å². The molecule has 0 atom stereocenters. The Hall–Kier alpha value is -3.34. The molecule has 4 rings (SSSR count). The van der Waals surface area contributed by atoms with Crippen molar-refractivity contribution in [1.29, 1.82) is 0 Å². The Morgan fingerprint density at radius 2 is 2.07 bits per heavy atom. The Kier molecular flexibility index (Phi) is 4.28. The van der Waals surface area contributed by atoms with Crippen LogP contribution in [0.15, 0.2) is 51.7 Å². The van der Waals surface area contributed by atoms with E-state index < -0.39 is 12.6 Å². The molecule has 0 radical (unpaired) electrons. The van der Waals surface area contributed by atoms with Gasteiger partial charge in [-0.1, -0.05) is 29.8 Å². The third kappa shape index (κ3) is 3.36. The number of hydrogen-bond acceptors (Lipinski definition) is 4. The van der Waals surface area contributed by atoms with Crippen LogP contribution >= 0.6 is 0 Å². The van der Waals surface area contributed by atoms with Crippen LogP contribution in [-0.2, 0) is 11.2 Å². The zero-order valence-electron chi connectivity index (χ0n) is 14.8. The number of aryl methyl sites for hydroxylation is 1. The van der Waals surface area contributed by atoms with Gasteiger partial charge in [0.1, 0.15) is 17.1 Å². The third-order valence-corrected chi connectivity index (χ3v) is 4.64. The molecule has 0 unspecified atom stereocenters. The smallest absolute Gasteiger partial charge is 0.341 e. The maximum absolute atomic E-state index is 12.8. The normalized spacial score (nSPS) is 14.5. The first-order valence-electron chi connectivity index (χ1n) is 8.73. The van der Waals surface area contributed by atoms with Crippen molar-refractivity contribution in [2.75, 3.05) is 6.61 Å². The summed E-state index contributed by atoms with van der Waals surface area (Å²) >= 11 is 0. The average molecular weight is 362 g/mol. The SMILES string of the molecule is Cc1cccc(/C=C2\CCc3c2oc2cc(OCC(=O)O)ccc2c3=O)c1. The molecule has 1 aromatic heterocycles. The molecular formula is C22H18O5. The molecule has 1 aliphatic rings. The Morgan fingerprint density at radius 3 is 2.85 bits per heavy atom. The summed E-state index contributed by atoms with van der Waals surface area (Å²) in [5.41, 5.74) is 4.29. The number of ether oxygens (including phenoxy) is 1. The third-order valence-electron chi connectivity index (χ3n) is 4.64. The minimum absolute atomic E-state index is 0.0383. The molecule has 1 heterocycles. The van der Waals surface area contributed by atoms with E-state index in [9.17, 15) is 9.59 Å². The predicted molar refractivity (Wildman–Crippen MR) is 103 cm³/mol. The van der Waals surface area contributed by atoms with E-state index >= 15 is 0 Å². The summed E-state index contributed by atoms with van der Waals surface area (Å²) in [6, 6.07) is 12.9. The van der Waals surface area contributed by atoms with Gasteiger partial charge in [-0.05, 0) is 49.1 Å². The molecule has 136 valence electrons. The van der Waals surface area contributed by atoms with Crippen molar-refractivity contribution in [3.8, 4) is 5.75 Å². The molecule has 1 N–H and O–H groups in total. The van der Waals surface area contributed by atoms with Crippen LogP contribution in [0.2, 0.25) is 0 Å². The summed E-state index contributed by atoms with van der Waals surface area (Å²) in [5.74, 6) is -0.0894. The maximum Gasteiger partial charge on any atom is 0.341 e. The topological polar surface area (TPSA) is 76.7 Å². The van der Waals surface area contributed by atoms with Crippen molar-refractivity contribution in [3.05, 3.63) is 75.1 Å². The summed E-state index contributed by atoms with van der Waals surface area (Å²) in [4.78, 5) is 23.5. The highest BCUT2D eigenvalue weighted by molar-refractivity contribution is 5.87. The van der Waals surface area contributed by atoms with Gasteiger partial charge in [-0.2, -0.15) is 0 Å². The van der Waals surface area contributed by atoms with E-state index in [2.05, 4.69) is 12.1 Å². The van der Waals surface area contributed by atoms with Crippen LogP contribution in [0.1, 0.15) is 28.9 Å². The van der Waals surface area contributed by atoms with Crippen LogP contribution < -0.4 is 10.2 Å². The minimum Gasteiger partial charge on any atom is -0.482 e. The number of carboxylic acid groups (broad SMARTS) is 1. The average Bonchev–Trinajstić information content (AvgIpc) is 3.03. The lowest BCUT2D eigenvalue weighted by atomic mass is 10.1. The van der Waals surface area contributed by atoms with E-state index in [-0.39, 0.29) is 5.43 Å². The van der Waals surface area contributed by atoms with Crippen molar-refractivity contribution < 1.29 is 19.1 Å². The summed E-state index contributed by atoms with van der Waals surface area (Å²) in [7, 11) is 0. The number of allylic oxidation sites excluding steroid dienone is 1. The van der Waals surface area contributed by atoms with Gasteiger partial charge in [0, 0.05) is 11.6 Å². The zero-order chi connectivity index (χ0) is 19.0. The molecule has 0 saturated heterocycles. The van der Waals surface area contributed by atoms with Crippen LogP contribution in [0.5, 0.6) is 5.75 Å². The van der Waals surface area contributed by atoms with Crippen LogP contribution in [0, 0.1) is 6.92 Å². The molecule has 1 aliphatic carbocycles. The van der Waals surface area contributed by atoms with E-state index in [1.807, 2.05) is 25.1 Å². The zero-order valence-corrected chi connectivity index (χ0v) is 14.8. The highest BCUT2D eigenvalue weighted by atomic mass is 16.5. The number of aliphatic carboxylic acids is 1. The molecule has 0 fully saturated rings. The van der Waals surface area contributed by atoms with Gasteiger partial charge in [-0.25, -0.2) is 4.79 Å². The molecule has 27 heavy (non-hydrogen) atoms. The molecule has 2 aromatic carbocycles. The number of fused-ring (bicyclic) bond motifs is 2. The van der Waals surface area contributed by atoms with Crippen LogP contribution in [0.3, 0.4) is 0 Å². The van der Waals surface area contributed by atoms with Crippen LogP contribution in [0.4, 0.5) is 0 Å². The molecule has 0 saturated carbocycles. The van der Waals surface area contributed by atoms with E-state index in [1.54, 1.807) is 18.2 Å². The molecular weight excluding hydrogens is 344 g/mol. The second kappa shape index (κ2) is 6.76. The van der Waals surface area contributed by atoms with Gasteiger partial charge in [0.25, 0.3) is 0 Å². The predicted octanol–water partition coefficient (Wildman–Crippen LogP) is 4.05.